The van der Waals surface area contributed by atoms with Crippen molar-refractivity contribution < 1.29 is 14.3 Å². The Kier molecular flexibility index (Phi) is 4.56. The minimum Gasteiger partial charge on any atom is -0.462 e. The summed E-state index contributed by atoms with van der Waals surface area (Å²) in [7, 11) is 0. The van der Waals surface area contributed by atoms with Crippen LogP contribution in [-0.2, 0) is 14.3 Å². The van der Waals surface area contributed by atoms with Gasteiger partial charge in [0.2, 0.25) is 0 Å². The molecule has 0 aromatic rings. The van der Waals surface area contributed by atoms with E-state index < -0.39 is 0 Å². The third kappa shape index (κ3) is 2.68. The molecule has 3 fully saturated rings. The van der Waals surface area contributed by atoms with Crippen LogP contribution in [0.5, 0.6) is 0 Å². The molecule has 144 valence electrons. The summed E-state index contributed by atoms with van der Waals surface area (Å²) in [6.45, 7) is 6.73. The van der Waals surface area contributed by atoms with E-state index in [1.165, 1.54) is 31.3 Å². The fourth-order valence-electron chi connectivity index (χ4n) is 7.14. The van der Waals surface area contributed by atoms with Gasteiger partial charge in [0.05, 0.1) is 0 Å². The molecule has 4 aliphatic carbocycles. The van der Waals surface area contributed by atoms with Crippen LogP contribution in [0.25, 0.3) is 0 Å². The van der Waals surface area contributed by atoms with Gasteiger partial charge in [0, 0.05) is 18.3 Å². The molecule has 0 radical (unpaired) electrons. The number of hydrogen-bond donors (Lipinski definition) is 0. The molecule has 0 bridgehead atoms. The Morgan fingerprint density at radius 3 is 2.69 bits per heavy atom. The lowest BCUT2D eigenvalue weighted by Crippen LogP contribution is -2.56. The van der Waals surface area contributed by atoms with Crippen molar-refractivity contribution in [2.24, 2.45) is 28.6 Å². The lowest BCUT2D eigenvalue weighted by molar-refractivity contribution is -0.177. The maximum Gasteiger partial charge on any atom is 0.305 e. The van der Waals surface area contributed by atoms with Gasteiger partial charge in [-0.25, -0.2) is 0 Å². The van der Waals surface area contributed by atoms with E-state index in [4.69, 9.17) is 4.74 Å². The van der Waals surface area contributed by atoms with E-state index in [9.17, 15) is 9.59 Å². The predicted molar refractivity (Wildman–Crippen MR) is 101 cm³/mol. The quantitative estimate of drug-likeness (QED) is 0.635. The smallest absolute Gasteiger partial charge is 0.305 e. The monoisotopic (exact) mass is 358 g/mol. The van der Waals surface area contributed by atoms with Gasteiger partial charge in [-0.3, -0.25) is 9.59 Å². The van der Waals surface area contributed by atoms with Gasteiger partial charge in [-0.15, -0.1) is 0 Å². The molecule has 4 aliphatic rings. The highest BCUT2D eigenvalue weighted by Crippen LogP contribution is 2.64. The molecule has 0 saturated heterocycles. The van der Waals surface area contributed by atoms with E-state index >= 15 is 0 Å². The van der Waals surface area contributed by atoms with Crippen LogP contribution in [0.2, 0.25) is 0 Å². The molecule has 3 saturated carbocycles. The Labute approximate surface area is 157 Å². The zero-order chi connectivity index (χ0) is 18.5. The van der Waals surface area contributed by atoms with Crippen molar-refractivity contribution in [2.75, 3.05) is 0 Å². The number of fused-ring (bicyclic) bond motifs is 5. The summed E-state index contributed by atoms with van der Waals surface area (Å²) in [5.74, 6) is 2.40. The number of rotatable bonds is 2. The Morgan fingerprint density at radius 1 is 1.12 bits per heavy atom. The predicted octanol–water partition coefficient (Wildman–Crippen LogP) is 5.23. The van der Waals surface area contributed by atoms with Gasteiger partial charge in [0.1, 0.15) is 6.10 Å². The molecule has 4 rings (SSSR count). The van der Waals surface area contributed by atoms with Crippen molar-refractivity contribution in [3.05, 3.63) is 11.6 Å². The van der Waals surface area contributed by atoms with E-state index in [-0.39, 0.29) is 22.9 Å². The van der Waals surface area contributed by atoms with Crippen molar-refractivity contribution in [2.45, 2.75) is 91.1 Å². The molecule has 0 aliphatic heterocycles. The molecule has 0 spiro atoms. The first-order valence-corrected chi connectivity index (χ1v) is 10.8. The zero-order valence-corrected chi connectivity index (χ0v) is 16.7. The Balaban J connectivity index is 1.61. The van der Waals surface area contributed by atoms with Crippen molar-refractivity contribution in [1.29, 1.82) is 0 Å². The highest BCUT2D eigenvalue weighted by Gasteiger charge is 2.58. The number of allylic oxidation sites excluding steroid dienone is 2. The molecule has 3 nitrogen and oxygen atoms in total. The molecule has 0 amide bonds. The van der Waals surface area contributed by atoms with Gasteiger partial charge >= 0.3 is 5.97 Å². The van der Waals surface area contributed by atoms with Gasteiger partial charge in [0.25, 0.3) is 0 Å². The fraction of sp³-hybridized carbons (Fsp3) is 0.826. The van der Waals surface area contributed by atoms with Crippen LogP contribution < -0.4 is 0 Å². The average Bonchev–Trinajstić information content (AvgIpc) is 2.62. The van der Waals surface area contributed by atoms with Crippen molar-refractivity contribution in [3.8, 4) is 0 Å². The van der Waals surface area contributed by atoms with E-state index in [1.54, 1.807) is 0 Å². The molecule has 0 unspecified atom stereocenters. The Hall–Kier alpha value is -1.12. The normalized spacial score (nSPS) is 45.0. The molecule has 6 atom stereocenters. The average molecular weight is 359 g/mol. The fourth-order valence-corrected chi connectivity index (χ4v) is 7.14. The number of ether oxygens (including phenoxy) is 1. The lowest BCUT2D eigenvalue weighted by atomic mass is 9.44. The summed E-state index contributed by atoms with van der Waals surface area (Å²) in [6, 6.07) is 0. The third-order valence-corrected chi connectivity index (χ3v) is 8.68. The minimum atomic E-state index is -0.0365. The second kappa shape index (κ2) is 6.49. The summed E-state index contributed by atoms with van der Waals surface area (Å²) in [4.78, 5) is 23.9. The number of carbonyl (C=O) groups excluding carboxylic acids is 2. The van der Waals surface area contributed by atoms with Crippen LogP contribution in [-0.4, -0.2) is 17.9 Å². The number of carbonyl (C=O) groups is 2. The number of esters is 1. The SMILES string of the molecule is CCC(=O)O[C@H]1CCC[C@@H]2[C@H]3CCC4=CC(=O)CC[C@@]4(C)[C@@H]3CC[C@]12C. The van der Waals surface area contributed by atoms with Gasteiger partial charge in [-0.2, -0.15) is 0 Å². The second-order valence-corrected chi connectivity index (χ2v) is 9.78. The first-order valence-electron chi connectivity index (χ1n) is 10.8. The standard InChI is InChI=1S/C23H34O3/c1-4-21(25)26-20-7-5-6-18-17-9-8-15-14-16(24)10-12-22(15,2)19(17)11-13-23(18,20)3/h14,17-20H,4-13H2,1-3H3/t17-,18-,19-,20+,22-,23+/m1/s1. The van der Waals surface area contributed by atoms with Crippen LogP contribution >= 0.6 is 0 Å². The van der Waals surface area contributed by atoms with Gasteiger partial charge in [0.15, 0.2) is 5.78 Å². The molecule has 3 heteroatoms. The molecule has 26 heavy (non-hydrogen) atoms. The second-order valence-electron chi connectivity index (χ2n) is 9.78. The lowest BCUT2D eigenvalue weighted by Gasteiger charge is -2.61. The summed E-state index contributed by atoms with van der Waals surface area (Å²) >= 11 is 0. The summed E-state index contributed by atoms with van der Waals surface area (Å²) in [6.07, 6.45) is 12.5. The summed E-state index contributed by atoms with van der Waals surface area (Å²) in [5, 5.41) is 0. The largest absolute Gasteiger partial charge is 0.462 e. The van der Waals surface area contributed by atoms with Gasteiger partial charge in [-0.05, 0) is 80.6 Å². The van der Waals surface area contributed by atoms with E-state index in [1.807, 2.05) is 13.0 Å². The molecular formula is C23H34O3. The van der Waals surface area contributed by atoms with E-state index in [0.717, 1.165) is 38.0 Å². The maximum atomic E-state index is 12.0. The van der Waals surface area contributed by atoms with Crippen molar-refractivity contribution >= 4 is 11.8 Å². The molecule has 0 heterocycles. The first-order chi connectivity index (χ1) is 12.4. The summed E-state index contributed by atoms with van der Waals surface area (Å²) < 4.78 is 5.94. The van der Waals surface area contributed by atoms with Crippen molar-refractivity contribution in [3.63, 3.8) is 0 Å². The minimum absolute atomic E-state index is 0.0365. The first kappa shape index (κ1) is 18.3. The zero-order valence-electron chi connectivity index (χ0n) is 16.7. The van der Waals surface area contributed by atoms with Crippen LogP contribution in [0, 0.1) is 28.6 Å². The van der Waals surface area contributed by atoms with E-state index in [0.29, 0.717) is 24.0 Å². The Morgan fingerprint density at radius 2 is 1.92 bits per heavy atom. The molecule has 0 aromatic heterocycles. The van der Waals surface area contributed by atoms with Crippen LogP contribution in [0.1, 0.15) is 85.0 Å². The van der Waals surface area contributed by atoms with Gasteiger partial charge < -0.3 is 4.74 Å². The highest BCUT2D eigenvalue weighted by atomic mass is 16.5. The third-order valence-electron chi connectivity index (χ3n) is 8.68. The van der Waals surface area contributed by atoms with Crippen molar-refractivity contribution in [1.82, 2.24) is 0 Å². The van der Waals surface area contributed by atoms with Crippen LogP contribution in [0.3, 0.4) is 0 Å². The Bertz CT molecular complexity index is 635. The summed E-state index contributed by atoms with van der Waals surface area (Å²) in [5.41, 5.74) is 1.81. The molecular weight excluding hydrogens is 324 g/mol. The molecule has 0 N–H and O–H groups in total. The number of ketones is 1. The molecule has 0 aromatic carbocycles. The van der Waals surface area contributed by atoms with Gasteiger partial charge in [-0.1, -0.05) is 26.3 Å². The van der Waals surface area contributed by atoms with Crippen LogP contribution in [0.4, 0.5) is 0 Å². The van der Waals surface area contributed by atoms with E-state index in [2.05, 4.69) is 13.8 Å². The highest BCUT2D eigenvalue weighted by molar-refractivity contribution is 5.91. The van der Waals surface area contributed by atoms with Crippen LogP contribution in [0.15, 0.2) is 11.6 Å². The topological polar surface area (TPSA) is 43.4 Å². The number of hydrogen-bond acceptors (Lipinski definition) is 3. The maximum absolute atomic E-state index is 12.0.